The lowest BCUT2D eigenvalue weighted by molar-refractivity contribution is -0.111. The van der Waals surface area contributed by atoms with Gasteiger partial charge in [-0.2, -0.15) is 5.10 Å². The number of hydrogen-bond donors (Lipinski definition) is 1. The second-order valence-electron chi connectivity index (χ2n) is 7.44. The fraction of sp³-hybridized carbons (Fsp3) is 0.217. The van der Waals surface area contributed by atoms with Gasteiger partial charge in [0, 0.05) is 11.6 Å². The standard InChI is InChI=1S/C23H23N3O5S/c1-15-6-4-5-7-19(15)26-23(17-13-32(28,29)14-18(17)25-26)24-22(27)11-9-16-8-10-20(30-2)21(12-16)31-3/h4-12H,13-14H2,1-3H3,(H,24,27)/b11-9-. The molecule has 0 aliphatic carbocycles. The van der Waals surface area contributed by atoms with Gasteiger partial charge < -0.3 is 14.8 Å². The van der Waals surface area contributed by atoms with Crippen LogP contribution in [0.3, 0.4) is 0 Å². The summed E-state index contributed by atoms with van der Waals surface area (Å²) >= 11 is 0. The second kappa shape index (κ2) is 8.51. The third kappa shape index (κ3) is 4.24. The number of para-hydroxylation sites is 1. The highest BCUT2D eigenvalue weighted by Gasteiger charge is 2.33. The molecule has 0 saturated heterocycles. The summed E-state index contributed by atoms with van der Waals surface area (Å²) in [5, 5.41) is 7.33. The van der Waals surface area contributed by atoms with E-state index >= 15 is 0 Å². The predicted octanol–water partition coefficient (Wildman–Crippen LogP) is 3.28. The smallest absolute Gasteiger partial charge is 0.249 e. The number of carbonyl (C=O) groups excluding carboxylic acids is 1. The van der Waals surface area contributed by atoms with Crippen molar-refractivity contribution in [3.63, 3.8) is 0 Å². The van der Waals surface area contributed by atoms with Crippen LogP contribution in [0.15, 0.2) is 48.5 Å². The molecule has 1 aromatic heterocycles. The predicted molar refractivity (Wildman–Crippen MR) is 122 cm³/mol. The molecule has 0 unspecified atom stereocenters. The van der Waals surface area contributed by atoms with Crippen molar-refractivity contribution in [3.8, 4) is 17.2 Å². The number of nitrogens with zero attached hydrogens (tertiary/aromatic N) is 2. The van der Waals surface area contributed by atoms with Gasteiger partial charge in [0.05, 0.1) is 37.1 Å². The van der Waals surface area contributed by atoms with Gasteiger partial charge in [0.15, 0.2) is 21.3 Å². The topological polar surface area (TPSA) is 99.5 Å². The van der Waals surface area contributed by atoms with Gasteiger partial charge in [-0.25, -0.2) is 13.1 Å². The zero-order valence-corrected chi connectivity index (χ0v) is 18.8. The van der Waals surface area contributed by atoms with E-state index in [1.54, 1.807) is 43.2 Å². The van der Waals surface area contributed by atoms with E-state index in [0.717, 1.165) is 16.8 Å². The number of benzene rings is 2. The minimum Gasteiger partial charge on any atom is -0.493 e. The van der Waals surface area contributed by atoms with Gasteiger partial charge in [-0.3, -0.25) is 4.79 Å². The number of aryl methyl sites for hydroxylation is 1. The summed E-state index contributed by atoms with van der Waals surface area (Å²) in [6.07, 6.45) is 3.02. The highest BCUT2D eigenvalue weighted by atomic mass is 32.2. The molecule has 2 aromatic carbocycles. The van der Waals surface area contributed by atoms with Gasteiger partial charge in [0.2, 0.25) is 5.91 Å². The summed E-state index contributed by atoms with van der Waals surface area (Å²) in [6.45, 7) is 1.93. The quantitative estimate of drug-likeness (QED) is 0.575. The Morgan fingerprint density at radius 1 is 1.09 bits per heavy atom. The SMILES string of the molecule is COc1ccc(/C=C\C(=O)Nc2c3c(nn2-c2ccccc2C)CS(=O)(=O)C3)cc1OC. The van der Waals surface area contributed by atoms with Gasteiger partial charge in [0.25, 0.3) is 0 Å². The number of nitrogens with one attached hydrogen (secondary N) is 1. The highest BCUT2D eigenvalue weighted by Crippen LogP contribution is 2.33. The van der Waals surface area contributed by atoms with E-state index < -0.39 is 15.7 Å². The Morgan fingerprint density at radius 3 is 2.56 bits per heavy atom. The van der Waals surface area contributed by atoms with Crippen molar-refractivity contribution >= 4 is 27.6 Å². The molecule has 2 heterocycles. The second-order valence-corrected chi connectivity index (χ2v) is 9.51. The minimum absolute atomic E-state index is 0.133. The lowest BCUT2D eigenvalue weighted by Crippen LogP contribution is -2.15. The molecule has 0 saturated carbocycles. The van der Waals surface area contributed by atoms with E-state index in [-0.39, 0.29) is 11.5 Å². The van der Waals surface area contributed by atoms with Crippen molar-refractivity contribution in [2.45, 2.75) is 18.4 Å². The minimum atomic E-state index is -3.27. The number of rotatable bonds is 6. The van der Waals surface area contributed by atoms with Crippen molar-refractivity contribution < 1.29 is 22.7 Å². The fourth-order valence-corrected chi connectivity index (χ4v) is 5.13. The molecule has 3 aromatic rings. The first-order valence-electron chi connectivity index (χ1n) is 9.89. The van der Waals surface area contributed by atoms with Crippen LogP contribution < -0.4 is 14.8 Å². The van der Waals surface area contributed by atoms with Crippen molar-refractivity contribution in [1.29, 1.82) is 0 Å². The Kier molecular flexibility index (Phi) is 5.75. The van der Waals surface area contributed by atoms with Crippen molar-refractivity contribution in [2.75, 3.05) is 19.5 Å². The molecule has 4 rings (SSSR count). The van der Waals surface area contributed by atoms with E-state index in [2.05, 4.69) is 10.4 Å². The number of hydrogen-bond acceptors (Lipinski definition) is 6. The monoisotopic (exact) mass is 453 g/mol. The van der Waals surface area contributed by atoms with Crippen LogP contribution in [0.4, 0.5) is 5.82 Å². The van der Waals surface area contributed by atoms with Crippen LogP contribution in [0.5, 0.6) is 11.5 Å². The van der Waals surface area contributed by atoms with E-state index in [0.29, 0.717) is 28.6 Å². The van der Waals surface area contributed by atoms with Crippen LogP contribution in [-0.4, -0.2) is 38.3 Å². The van der Waals surface area contributed by atoms with E-state index in [9.17, 15) is 13.2 Å². The average Bonchev–Trinajstić information content (AvgIpc) is 3.24. The molecule has 0 bridgehead atoms. The molecule has 0 spiro atoms. The molecule has 1 aliphatic heterocycles. The first-order chi connectivity index (χ1) is 15.3. The fourth-order valence-electron chi connectivity index (χ4n) is 3.63. The zero-order valence-electron chi connectivity index (χ0n) is 18.0. The Labute approximate surface area is 186 Å². The molecule has 1 amide bonds. The Morgan fingerprint density at radius 2 is 1.84 bits per heavy atom. The van der Waals surface area contributed by atoms with Crippen molar-refractivity contribution in [1.82, 2.24) is 9.78 Å². The molecule has 1 aliphatic rings. The number of amides is 1. The van der Waals surface area contributed by atoms with Crippen LogP contribution in [0.25, 0.3) is 11.8 Å². The van der Waals surface area contributed by atoms with Gasteiger partial charge in [-0.1, -0.05) is 24.3 Å². The maximum absolute atomic E-state index is 12.7. The van der Waals surface area contributed by atoms with Crippen molar-refractivity contribution in [2.24, 2.45) is 0 Å². The van der Waals surface area contributed by atoms with Gasteiger partial charge in [0.1, 0.15) is 5.82 Å². The number of sulfone groups is 1. The lowest BCUT2D eigenvalue weighted by atomic mass is 10.2. The zero-order chi connectivity index (χ0) is 22.9. The summed E-state index contributed by atoms with van der Waals surface area (Å²) in [5.41, 5.74) is 3.47. The number of aromatic nitrogens is 2. The van der Waals surface area contributed by atoms with Crippen LogP contribution in [0.2, 0.25) is 0 Å². The first kappa shape index (κ1) is 21.6. The number of carbonyl (C=O) groups is 1. The molecule has 32 heavy (non-hydrogen) atoms. The molecule has 0 fully saturated rings. The average molecular weight is 454 g/mol. The van der Waals surface area contributed by atoms with Crippen LogP contribution in [-0.2, 0) is 26.1 Å². The molecular formula is C23H23N3O5S. The largest absolute Gasteiger partial charge is 0.493 e. The molecule has 8 nitrogen and oxygen atoms in total. The third-order valence-corrected chi connectivity index (χ3v) is 6.65. The molecule has 1 N–H and O–H groups in total. The molecule has 0 radical (unpaired) electrons. The van der Waals surface area contributed by atoms with E-state index in [1.807, 2.05) is 31.2 Å². The highest BCUT2D eigenvalue weighted by molar-refractivity contribution is 7.90. The normalized spacial score (nSPS) is 14.3. The maximum Gasteiger partial charge on any atom is 0.249 e. The summed E-state index contributed by atoms with van der Waals surface area (Å²) in [4.78, 5) is 12.7. The number of anilines is 1. The number of methoxy groups -OCH3 is 2. The summed E-state index contributed by atoms with van der Waals surface area (Å²) in [6, 6.07) is 12.9. The first-order valence-corrected chi connectivity index (χ1v) is 11.7. The van der Waals surface area contributed by atoms with E-state index in [4.69, 9.17) is 9.47 Å². The lowest BCUT2D eigenvalue weighted by Gasteiger charge is -2.12. The Balaban J connectivity index is 1.65. The Hall–Kier alpha value is -3.59. The van der Waals surface area contributed by atoms with Gasteiger partial charge in [-0.15, -0.1) is 0 Å². The summed E-state index contributed by atoms with van der Waals surface area (Å²) in [5.74, 6) is 0.831. The summed E-state index contributed by atoms with van der Waals surface area (Å²) < 4.78 is 36.4. The molecule has 9 heteroatoms. The van der Waals surface area contributed by atoms with Crippen LogP contribution in [0, 0.1) is 6.92 Å². The number of ether oxygens (including phenoxy) is 2. The van der Waals surface area contributed by atoms with Gasteiger partial charge in [-0.05, 0) is 42.3 Å². The van der Waals surface area contributed by atoms with E-state index in [1.165, 1.54) is 6.08 Å². The summed E-state index contributed by atoms with van der Waals surface area (Å²) in [7, 11) is -0.176. The van der Waals surface area contributed by atoms with Crippen LogP contribution in [0.1, 0.15) is 22.4 Å². The maximum atomic E-state index is 12.7. The van der Waals surface area contributed by atoms with Crippen molar-refractivity contribution in [3.05, 3.63) is 70.9 Å². The third-order valence-electron chi connectivity index (χ3n) is 5.21. The molecule has 0 atom stereocenters. The van der Waals surface area contributed by atoms with Crippen LogP contribution >= 0.6 is 0 Å². The Bertz CT molecular complexity index is 1330. The molecular weight excluding hydrogens is 430 g/mol. The number of fused-ring (bicyclic) bond motifs is 1. The van der Waals surface area contributed by atoms with Gasteiger partial charge >= 0.3 is 0 Å². The molecule has 166 valence electrons.